The van der Waals surface area contributed by atoms with E-state index in [9.17, 15) is 0 Å². The zero-order valence-corrected chi connectivity index (χ0v) is 8.57. The fourth-order valence-electron chi connectivity index (χ4n) is 1.26. The lowest BCUT2D eigenvalue weighted by molar-refractivity contribution is 0.679. The van der Waals surface area contributed by atoms with E-state index in [-0.39, 0.29) is 11.7 Å². The fourth-order valence-corrected chi connectivity index (χ4v) is 1.26. The Labute approximate surface area is 91.6 Å². The maximum absolute atomic E-state index is 8.73. The Hall–Kier alpha value is -2.33. The minimum atomic E-state index is -0.261. The minimum Gasteiger partial charge on any atom is -0.322 e. The number of rotatable bonds is 2. The zero-order chi connectivity index (χ0) is 11.5. The highest BCUT2D eigenvalue weighted by atomic mass is 15.4. The van der Waals surface area contributed by atoms with Crippen molar-refractivity contribution in [3.63, 3.8) is 0 Å². The summed E-state index contributed by atoms with van der Waals surface area (Å²) < 4.78 is 1.49. The Morgan fingerprint density at radius 2 is 2.19 bits per heavy atom. The highest BCUT2D eigenvalue weighted by Gasteiger charge is 2.11. The molecule has 2 rings (SSSR count). The van der Waals surface area contributed by atoms with Crippen LogP contribution in [0.15, 0.2) is 18.7 Å². The fraction of sp³-hybridized carbons (Fsp3) is 0.222. The van der Waals surface area contributed by atoms with Crippen molar-refractivity contribution in [2.75, 3.05) is 0 Å². The molecule has 0 radical (unpaired) electrons. The molecular formula is C9H9N7. The summed E-state index contributed by atoms with van der Waals surface area (Å²) in [6.07, 6.45) is 2.70. The van der Waals surface area contributed by atoms with Gasteiger partial charge in [0.1, 0.15) is 24.4 Å². The van der Waals surface area contributed by atoms with Crippen molar-refractivity contribution in [2.45, 2.75) is 13.0 Å². The summed E-state index contributed by atoms with van der Waals surface area (Å²) in [6, 6.07) is 3.20. The second kappa shape index (κ2) is 4.04. The Kier molecular flexibility index (Phi) is 2.57. The first-order valence-corrected chi connectivity index (χ1v) is 4.60. The molecule has 16 heavy (non-hydrogen) atoms. The standard InChI is InChI=1S/C9H9N7/c1-6(11)9-14-5-15-16(9)8-2-7(3-10)12-4-13-8/h2,4-6H,11H2,1H3. The predicted octanol–water partition coefficient (Wildman–Crippen LogP) is -0.0513. The molecule has 0 aliphatic carbocycles. The molecule has 1 atom stereocenters. The van der Waals surface area contributed by atoms with Crippen LogP contribution in [0.1, 0.15) is 24.5 Å². The number of aromatic nitrogens is 5. The Balaban J connectivity index is 2.51. The third-order valence-electron chi connectivity index (χ3n) is 1.97. The second-order valence-electron chi connectivity index (χ2n) is 3.19. The molecule has 0 aliphatic rings. The van der Waals surface area contributed by atoms with Gasteiger partial charge in [0, 0.05) is 6.07 Å². The molecule has 0 saturated heterocycles. The molecule has 0 saturated carbocycles. The topological polar surface area (TPSA) is 106 Å². The van der Waals surface area contributed by atoms with Gasteiger partial charge >= 0.3 is 0 Å². The third kappa shape index (κ3) is 1.74. The summed E-state index contributed by atoms with van der Waals surface area (Å²) in [4.78, 5) is 11.8. The van der Waals surface area contributed by atoms with Gasteiger partial charge in [-0.15, -0.1) is 0 Å². The molecule has 0 fully saturated rings. The molecule has 2 N–H and O–H groups in total. The average molecular weight is 215 g/mol. The summed E-state index contributed by atoms with van der Waals surface area (Å²) in [5.74, 6) is 1.07. The SMILES string of the molecule is CC(N)c1ncnn1-c1cc(C#N)ncn1. The van der Waals surface area contributed by atoms with E-state index < -0.39 is 0 Å². The molecule has 0 aromatic carbocycles. The number of nitrogens with zero attached hydrogens (tertiary/aromatic N) is 6. The monoisotopic (exact) mass is 215 g/mol. The Morgan fingerprint density at radius 1 is 1.38 bits per heavy atom. The molecular weight excluding hydrogens is 206 g/mol. The first-order valence-electron chi connectivity index (χ1n) is 4.60. The van der Waals surface area contributed by atoms with Crippen LogP contribution in [0.5, 0.6) is 0 Å². The number of nitrogens with two attached hydrogens (primary N) is 1. The van der Waals surface area contributed by atoms with E-state index >= 15 is 0 Å². The molecule has 7 heteroatoms. The van der Waals surface area contributed by atoms with Crippen molar-refractivity contribution in [2.24, 2.45) is 5.73 Å². The van der Waals surface area contributed by atoms with Gasteiger partial charge in [0.25, 0.3) is 0 Å². The highest BCUT2D eigenvalue weighted by Crippen LogP contribution is 2.10. The van der Waals surface area contributed by atoms with Crippen molar-refractivity contribution in [3.05, 3.63) is 30.2 Å². The van der Waals surface area contributed by atoms with E-state index in [1.807, 2.05) is 6.07 Å². The van der Waals surface area contributed by atoms with Crippen LogP contribution < -0.4 is 5.73 Å². The molecule has 2 heterocycles. The second-order valence-corrected chi connectivity index (χ2v) is 3.19. The molecule has 1 unspecified atom stereocenters. The van der Waals surface area contributed by atoms with E-state index in [4.69, 9.17) is 11.0 Å². The lowest BCUT2D eigenvalue weighted by Gasteiger charge is -2.06. The van der Waals surface area contributed by atoms with Crippen LogP contribution in [0.2, 0.25) is 0 Å². The summed E-state index contributed by atoms with van der Waals surface area (Å²) >= 11 is 0. The van der Waals surface area contributed by atoms with Crippen LogP contribution in [0.4, 0.5) is 0 Å². The van der Waals surface area contributed by atoms with Crippen molar-refractivity contribution >= 4 is 0 Å². The van der Waals surface area contributed by atoms with E-state index in [2.05, 4.69) is 20.1 Å². The van der Waals surface area contributed by atoms with Crippen LogP contribution in [-0.2, 0) is 0 Å². The number of hydrogen-bond donors (Lipinski definition) is 1. The van der Waals surface area contributed by atoms with Gasteiger partial charge in [-0.1, -0.05) is 0 Å². The molecule has 0 spiro atoms. The molecule has 7 nitrogen and oxygen atoms in total. The molecule has 0 aliphatic heterocycles. The summed E-state index contributed by atoms with van der Waals surface area (Å²) in [6.45, 7) is 1.80. The maximum Gasteiger partial charge on any atom is 0.160 e. The lowest BCUT2D eigenvalue weighted by Crippen LogP contribution is -2.14. The number of nitriles is 1. The van der Waals surface area contributed by atoms with Crippen molar-refractivity contribution in [3.8, 4) is 11.9 Å². The molecule has 80 valence electrons. The van der Waals surface area contributed by atoms with Gasteiger partial charge in [-0.05, 0) is 6.92 Å². The van der Waals surface area contributed by atoms with Crippen molar-refractivity contribution in [1.82, 2.24) is 24.7 Å². The summed E-state index contributed by atoms with van der Waals surface area (Å²) in [5.41, 5.74) is 6.01. The molecule has 0 bridgehead atoms. The first kappa shape index (κ1) is 10.2. The Bertz CT molecular complexity index is 537. The zero-order valence-electron chi connectivity index (χ0n) is 8.57. The van der Waals surface area contributed by atoms with E-state index in [0.717, 1.165) is 0 Å². The molecule has 0 amide bonds. The third-order valence-corrected chi connectivity index (χ3v) is 1.97. The number of hydrogen-bond acceptors (Lipinski definition) is 6. The van der Waals surface area contributed by atoms with Gasteiger partial charge in [-0.25, -0.2) is 15.0 Å². The summed E-state index contributed by atoms with van der Waals surface area (Å²) in [5, 5.41) is 12.7. The highest BCUT2D eigenvalue weighted by molar-refractivity contribution is 5.30. The van der Waals surface area contributed by atoms with Crippen LogP contribution in [-0.4, -0.2) is 24.7 Å². The van der Waals surface area contributed by atoms with Crippen LogP contribution in [0.3, 0.4) is 0 Å². The van der Waals surface area contributed by atoms with Crippen LogP contribution in [0, 0.1) is 11.3 Å². The average Bonchev–Trinajstić information content (AvgIpc) is 2.78. The van der Waals surface area contributed by atoms with Gasteiger partial charge in [0.2, 0.25) is 0 Å². The van der Waals surface area contributed by atoms with Gasteiger partial charge in [0.05, 0.1) is 6.04 Å². The minimum absolute atomic E-state index is 0.261. The van der Waals surface area contributed by atoms with Crippen LogP contribution >= 0.6 is 0 Å². The van der Waals surface area contributed by atoms with Gasteiger partial charge in [0.15, 0.2) is 11.6 Å². The van der Waals surface area contributed by atoms with Crippen molar-refractivity contribution in [1.29, 1.82) is 5.26 Å². The lowest BCUT2D eigenvalue weighted by atomic mass is 10.3. The summed E-state index contributed by atoms with van der Waals surface area (Å²) in [7, 11) is 0. The predicted molar refractivity (Wildman–Crippen MR) is 54.3 cm³/mol. The van der Waals surface area contributed by atoms with Crippen molar-refractivity contribution < 1.29 is 0 Å². The van der Waals surface area contributed by atoms with E-state index in [1.165, 1.54) is 23.4 Å². The first-order chi connectivity index (χ1) is 7.72. The molecule has 2 aromatic heterocycles. The van der Waals surface area contributed by atoms with Crippen LogP contribution in [0.25, 0.3) is 5.82 Å². The van der Waals surface area contributed by atoms with E-state index in [0.29, 0.717) is 11.6 Å². The Morgan fingerprint density at radius 3 is 2.88 bits per heavy atom. The van der Waals surface area contributed by atoms with Gasteiger partial charge < -0.3 is 5.73 Å². The normalized spacial score (nSPS) is 12.1. The largest absolute Gasteiger partial charge is 0.322 e. The van der Waals surface area contributed by atoms with Gasteiger partial charge in [-0.2, -0.15) is 15.0 Å². The van der Waals surface area contributed by atoms with Gasteiger partial charge in [-0.3, -0.25) is 0 Å². The smallest absolute Gasteiger partial charge is 0.160 e. The quantitative estimate of drug-likeness (QED) is 0.752. The molecule has 2 aromatic rings. The maximum atomic E-state index is 8.73. The van der Waals surface area contributed by atoms with E-state index in [1.54, 1.807) is 6.92 Å².